The lowest BCUT2D eigenvalue weighted by atomic mass is 10.1. The first-order valence-electron chi connectivity index (χ1n) is 12.8. The second-order valence-electron chi connectivity index (χ2n) is 9.08. The van der Waals surface area contributed by atoms with Crippen molar-refractivity contribution in [3.8, 4) is 22.6 Å². The predicted octanol–water partition coefficient (Wildman–Crippen LogP) is 4.11. The summed E-state index contributed by atoms with van der Waals surface area (Å²) in [6.45, 7) is 4.43. The van der Waals surface area contributed by atoms with E-state index in [0.29, 0.717) is 36.7 Å². The summed E-state index contributed by atoms with van der Waals surface area (Å²) in [6.07, 6.45) is 8.96. The highest BCUT2D eigenvalue weighted by Crippen LogP contribution is 2.33. The quantitative estimate of drug-likeness (QED) is 0.224. The topological polar surface area (TPSA) is 114 Å². The third-order valence-electron chi connectivity index (χ3n) is 6.43. The highest BCUT2D eigenvalue weighted by Gasteiger charge is 2.14. The molecule has 0 saturated carbocycles. The van der Waals surface area contributed by atoms with Gasteiger partial charge in [-0.2, -0.15) is 5.10 Å². The van der Waals surface area contributed by atoms with E-state index >= 15 is 0 Å². The van der Waals surface area contributed by atoms with Gasteiger partial charge in [0.15, 0.2) is 0 Å². The summed E-state index contributed by atoms with van der Waals surface area (Å²) in [5.74, 6) is 1.11. The van der Waals surface area contributed by atoms with Gasteiger partial charge in [0.2, 0.25) is 0 Å². The van der Waals surface area contributed by atoms with E-state index in [-0.39, 0.29) is 12.5 Å². The van der Waals surface area contributed by atoms with E-state index in [4.69, 9.17) is 9.84 Å². The number of hydrogen-bond donors (Lipinski definition) is 3. The Morgan fingerprint density at radius 3 is 2.72 bits per heavy atom. The molecule has 2 aromatic carbocycles. The molecule has 3 aromatic heterocycles. The normalized spacial score (nSPS) is 11.0. The van der Waals surface area contributed by atoms with Crippen LogP contribution >= 0.6 is 0 Å². The molecule has 3 N–H and O–H groups in total. The number of nitrogens with one attached hydrogen (secondary N) is 2. The number of pyridine rings is 2. The first kappa shape index (κ1) is 26.0. The van der Waals surface area contributed by atoms with Crippen molar-refractivity contribution in [3.63, 3.8) is 0 Å². The molecule has 3 heterocycles. The second-order valence-corrected chi connectivity index (χ2v) is 9.08. The van der Waals surface area contributed by atoms with Gasteiger partial charge in [-0.3, -0.25) is 19.4 Å². The van der Waals surface area contributed by atoms with Crippen LogP contribution in [0.4, 0.5) is 0 Å². The van der Waals surface area contributed by atoms with E-state index in [1.807, 2.05) is 72.5 Å². The van der Waals surface area contributed by atoms with E-state index in [1.54, 1.807) is 24.7 Å². The molecular formula is C30H30N6O3. The standard InChI is InChI=1S/C30H30N6O3/c1-21-25(30(38)34-18-22-7-10-31-11-8-22)3-2-4-28(21)39-29-9-12-33-27-17-23(5-6-26(27)29)24-19-35-36(20-24)15-13-32-14-16-37/h2-12,17,19-20,32,37H,13-16,18H2,1H3,(H,34,38). The number of hydrogen-bond acceptors (Lipinski definition) is 7. The van der Waals surface area contributed by atoms with Gasteiger partial charge in [0.1, 0.15) is 11.5 Å². The van der Waals surface area contributed by atoms with Crippen LogP contribution in [0.1, 0.15) is 21.5 Å². The van der Waals surface area contributed by atoms with Crippen LogP contribution in [-0.4, -0.2) is 50.5 Å². The van der Waals surface area contributed by atoms with Gasteiger partial charge in [0.05, 0.1) is 24.9 Å². The van der Waals surface area contributed by atoms with Crippen LogP contribution in [0.3, 0.4) is 0 Å². The van der Waals surface area contributed by atoms with Crippen LogP contribution < -0.4 is 15.4 Å². The minimum absolute atomic E-state index is 0.119. The van der Waals surface area contributed by atoms with Crippen molar-refractivity contribution < 1.29 is 14.6 Å². The SMILES string of the molecule is Cc1c(Oc2ccnc3cc(-c4cnn(CCNCCO)c4)ccc23)cccc1C(=O)NCc1ccncc1. The lowest BCUT2D eigenvalue weighted by Gasteiger charge is -2.14. The molecule has 0 fully saturated rings. The fourth-order valence-electron chi connectivity index (χ4n) is 4.29. The van der Waals surface area contributed by atoms with Gasteiger partial charge >= 0.3 is 0 Å². The average Bonchev–Trinajstić information content (AvgIpc) is 3.45. The number of aliphatic hydroxyl groups excluding tert-OH is 1. The molecule has 9 heteroatoms. The summed E-state index contributed by atoms with van der Waals surface area (Å²) in [4.78, 5) is 21.5. The molecule has 0 radical (unpaired) electrons. The summed E-state index contributed by atoms with van der Waals surface area (Å²) in [5, 5.41) is 20.3. The molecule has 0 aliphatic heterocycles. The molecule has 0 spiro atoms. The molecule has 0 atom stereocenters. The molecule has 0 aliphatic carbocycles. The van der Waals surface area contributed by atoms with Crippen molar-refractivity contribution in [2.24, 2.45) is 0 Å². The summed E-state index contributed by atoms with van der Waals surface area (Å²) < 4.78 is 8.20. The second kappa shape index (κ2) is 12.3. The molecule has 9 nitrogen and oxygen atoms in total. The lowest BCUT2D eigenvalue weighted by molar-refractivity contribution is 0.0950. The van der Waals surface area contributed by atoms with Gasteiger partial charge in [-0.25, -0.2) is 0 Å². The van der Waals surface area contributed by atoms with E-state index in [2.05, 4.69) is 25.7 Å². The minimum atomic E-state index is -0.163. The maximum atomic E-state index is 12.9. The molecule has 5 rings (SSSR count). The zero-order chi connectivity index (χ0) is 27.0. The van der Waals surface area contributed by atoms with Crippen molar-refractivity contribution in [3.05, 3.63) is 102 Å². The zero-order valence-electron chi connectivity index (χ0n) is 21.7. The van der Waals surface area contributed by atoms with Crippen molar-refractivity contribution in [1.29, 1.82) is 0 Å². The molecule has 39 heavy (non-hydrogen) atoms. The van der Waals surface area contributed by atoms with Crippen LogP contribution in [-0.2, 0) is 13.1 Å². The van der Waals surface area contributed by atoms with E-state index < -0.39 is 0 Å². The van der Waals surface area contributed by atoms with Crippen LogP contribution in [0.5, 0.6) is 11.5 Å². The number of carbonyl (C=O) groups excluding carboxylic acids is 1. The Labute approximate surface area is 226 Å². The lowest BCUT2D eigenvalue weighted by Crippen LogP contribution is -2.23. The first-order chi connectivity index (χ1) is 19.1. The van der Waals surface area contributed by atoms with Gasteiger partial charge in [0.25, 0.3) is 5.91 Å². The Bertz CT molecular complexity index is 1570. The van der Waals surface area contributed by atoms with Crippen LogP contribution in [0.25, 0.3) is 22.0 Å². The van der Waals surface area contributed by atoms with Crippen molar-refractivity contribution in [2.75, 3.05) is 19.7 Å². The van der Waals surface area contributed by atoms with E-state index in [1.165, 1.54) is 0 Å². The molecule has 0 unspecified atom stereocenters. The maximum Gasteiger partial charge on any atom is 0.251 e. The number of rotatable bonds is 11. The highest BCUT2D eigenvalue weighted by molar-refractivity contribution is 5.96. The fourth-order valence-corrected chi connectivity index (χ4v) is 4.29. The number of amides is 1. The largest absolute Gasteiger partial charge is 0.456 e. The average molecular weight is 523 g/mol. The smallest absolute Gasteiger partial charge is 0.251 e. The van der Waals surface area contributed by atoms with Crippen molar-refractivity contribution in [1.82, 2.24) is 30.4 Å². The van der Waals surface area contributed by atoms with Crippen LogP contribution in [0, 0.1) is 6.92 Å². The summed E-state index contributed by atoms with van der Waals surface area (Å²) in [5.41, 5.74) is 5.09. The number of benzene rings is 2. The number of carbonyl (C=O) groups is 1. The van der Waals surface area contributed by atoms with E-state index in [0.717, 1.165) is 39.7 Å². The van der Waals surface area contributed by atoms with Crippen molar-refractivity contribution in [2.45, 2.75) is 20.0 Å². The third-order valence-corrected chi connectivity index (χ3v) is 6.43. The van der Waals surface area contributed by atoms with Gasteiger partial charge in [-0.15, -0.1) is 0 Å². The number of aromatic nitrogens is 4. The number of nitrogens with zero attached hydrogens (tertiary/aromatic N) is 4. The summed E-state index contributed by atoms with van der Waals surface area (Å²) in [7, 11) is 0. The summed E-state index contributed by atoms with van der Waals surface area (Å²) >= 11 is 0. The molecule has 0 bridgehead atoms. The molecule has 198 valence electrons. The Morgan fingerprint density at radius 2 is 1.87 bits per heavy atom. The Morgan fingerprint density at radius 1 is 1.00 bits per heavy atom. The molecule has 1 amide bonds. The minimum Gasteiger partial charge on any atom is -0.456 e. The Hall–Kier alpha value is -4.60. The number of ether oxygens (including phenoxy) is 1. The maximum absolute atomic E-state index is 12.9. The third kappa shape index (κ3) is 6.28. The van der Waals surface area contributed by atoms with Crippen LogP contribution in [0.15, 0.2) is 85.6 Å². The van der Waals surface area contributed by atoms with Gasteiger partial charge in [0, 0.05) is 66.5 Å². The summed E-state index contributed by atoms with van der Waals surface area (Å²) in [6, 6.07) is 17.1. The van der Waals surface area contributed by atoms with Crippen molar-refractivity contribution >= 4 is 16.8 Å². The molecule has 0 saturated heterocycles. The molecular weight excluding hydrogens is 492 g/mol. The predicted molar refractivity (Wildman–Crippen MR) is 150 cm³/mol. The fraction of sp³-hybridized carbons (Fsp3) is 0.200. The number of fused-ring (bicyclic) bond motifs is 1. The highest BCUT2D eigenvalue weighted by atomic mass is 16.5. The van der Waals surface area contributed by atoms with Gasteiger partial charge in [-0.1, -0.05) is 12.1 Å². The van der Waals surface area contributed by atoms with Gasteiger partial charge in [-0.05, 0) is 60.5 Å². The van der Waals surface area contributed by atoms with Gasteiger partial charge < -0.3 is 20.5 Å². The first-order valence-corrected chi connectivity index (χ1v) is 12.8. The Kier molecular flexibility index (Phi) is 8.20. The monoisotopic (exact) mass is 522 g/mol. The molecule has 5 aromatic rings. The molecule has 0 aliphatic rings. The van der Waals surface area contributed by atoms with E-state index in [9.17, 15) is 4.79 Å². The zero-order valence-corrected chi connectivity index (χ0v) is 21.7. The Balaban J connectivity index is 1.32. The number of aliphatic hydroxyl groups is 1. The van der Waals surface area contributed by atoms with Crippen LogP contribution in [0.2, 0.25) is 0 Å².